The van der Waals surface area contributed by atoms with Crippen LogP contribution in [0.3, 0.4) is 0 Å². The van der Waals surface area contributed by atoms with Gasteiger partial charge in [-0.05, 0) is 86.8 Å². The molecular formula is C24H26N2O4S. The fourth-order valence-electron chi connectivity index (χ4n) is 3.11. The zero-order valence-electron chi connectivity index (χ0n) is 18.0. The van der Waals surface area contributed by atoms with Crippen molar-refractivity contribution in [3.8, 4) is 5.75 Å². The maximum atomic E-state index is 12.6. The standard InChI is InChI=1S/C24H26N2O4S/c1-16-13-17(2)15-21(14-16)30-19(4)24(27)25-20-9-11-22(12-10-20)31(28,29)26-23-8-6-5-7-18(23)3/h5-15,19,26H,1-4H3,(H,25,27)/t19-/m1/s1. The van der Waals surface area contributed by atoms with Crippen LogP contribution in [0.25, 0.3) is 0 Å². The van der Waals surface area contributed by atoms with E-state index in [1.54, 1.807) is 31.2 Å². The molecule has 3 aromatic rings. The highest BCUT2D eigenvalue weighted by Crippen LogP contribution is 2.21. The number of carbonyl (C=O) groups excluding carboxylic acids is 1. The van der Waals surface area contributed by atoms with Gasteiger partial charge in [0, 0.05) is 5.69 Å². The number of sulfonamides is 1. The van der Waals surface area contributed by atoms with Crippen LogP contribution < -0.4 is 14.8 Å². The van der Waals surface area contributed by atoms with Gasteiger partial charge < -0.3 is 10.1 Å². The van der Waals surface area contributed by atoms with Crippen molar-refractivity contribution in [2.45, 2.75) is 38.7 Å². The second-order valence-corrected chi connectivity index (χ2v) is 9.20. The van der Waals surface area contributed by atoms with Crippen molar-refractivity contribution in [2.75, 3.05) is 10.0 Å². The van der Waals surface area contributed by atoms with Gasteiger partial charge in [0.1, 0.15) is 5.75 Å². The summed E-state index contributed by atoms with van der Waals surface area (Å²) >= 11 is 0. The van der Waals surface area contributed by atoms with Gasteiger partial charge in [0.05, 0.1) is 10.6 Å². The lowest BCUT2D eigenvalue weighted by Gasteiger charge is -2.16. The second kappa shape index (κ2) is 9.22. The number of amides is 1. The van der Waals surface area contributed by atoms with Crippen LogP contribution in [-0.4, -0.2) is 20.4 Å². The molecular weight excluding hydrogens is 412 g/mol. The predicted molar refractivity (Wildman–Crippen MR) is 123 cm³/mol. The molecule has 0 aliphatic rings. The number of carbonyl (C=O) groups is 1. The topological polar surface area (TPSA) is 84.5 Å². The number of aryl methyl sites for hydroxylation is 3. The van der Waals surface area contributed by atoms with E-state index in [4.69, 9.17) is 4.74 Å². The minimum atomic E-state index is -3.73. The number of rotatable bonds is 7. The molecule has 0 aromatic heterocycles. The first-order valence-electron chi connectivity index (χ1n) is 9.88. The number of nitrogens with one attached hydrogen (secondary N) is 2. The van der Waals surface area contributed by atoms with Gasteiger partial charge in [0.2, 0.25) is 0 Å². The number of ether oxygens (including phenoxy) is 1. The average Bonchev–Trinajstić information content (AvgIpc) is 2.69. The zero-order valence-corrected chi connectivity index (χ0v) is 18.8. The molecule has 0 aliphatic carbocycles. The van der Waals surface area contributed by atoms with E-state index >= 15 is 0 Å². The van der Waals surface area contributed by atoms with Crippen LogP contribution in [0, 0.1) is 20.8 Å². The third kappa shape index (κ3) is 5.86. The number of benzene rings is 3. The van der Waals surface area contributed by atoms with E-state index in [1.807, 2.05) is 51.1 Å². The fourth-order valence-corrected chi connectivity index (χ4v) is 4.24. The van der Waals surface area contributed by atoms with Crippen LogP contribution in [0.4, 0.5) is 11.4 Å². The third-order valence-electron chi connectivity index (χ3n) is 4.70. The monoisotopic (exact) mass is 438 g/mol. The van der Waals surface area contributed by atoms with Crippen LogP contribution in [0.15, 0.2) is 71.6 Å². The number of para-hydroxylation sites is 1. The molecule has 0 spiro atoms. The number of anilines is 2. The van der Waals surface area contributed by atoms with Crippen LogP contribution in [0.2, 0.25) is 0 Å². The quantitative estimate of drug-likeness (QED) is 0.554. The van der Waals surface area contributed by atoms with Crippen LogP contribution in [-0.2, 0) is 14.8 Å². The maximum absolute atomic E-state index is 12.6. The lowest BCUT2D eigenvalue weighted by molar-refractivity contribution is -0.122. The highest BCUT2D eigenvalue weighted by molar-refractivity contribution is 7.92. The number of hydrogen-bond donors (Lipinski definition) is 2. The van der Waals surface area contributed by atoms with Crippen LogP contribution in [0.1, 0.15) is 23.6 Å². The summed E-state index contributed by atoms with van der Waals surface area (Å²) in [4.78, 5) is 12.6. The Bertz CT molecular complexity index is 1170. The van der Waals surface area contributed by atoms with Gasteiger partial charge in [-0.15, -0.1) is 0 Å². The molecule has 0 saturated heterocycles. The van der Waals surface area contributed by atoms with Crippen LogP contribution >= 0.6 is 0 Å². The first kappa shape index (κ1) is 22.4. The minimum absolute atomic E-state index is 0.105. The van der Waals surface area contributed by atoms with E-state index < -0.39 is 16.1 Å². The molecule has 1 atom stereocenters. The van der Waals surface area contributed by atoms with Gasteiger partial charge in [0.15, 0.2) is 6.10 Å². The van der Waals surface area contributed by atoms with E-state index in [1.165, 1.54) is 12.1 Å². The molecule has 1 amide bonds. The molecule has 0 heterocycles. The van der Waals surface area contributed by atoms with Gasteiger partial charge in [-0.25, -0.2) is 8.42 Å². The van der Waals surface area contributed by atoms with Gasteiger partial charge >= 0.3 is 0 Å². The SMILES string of the molecule is Cc1cc(C)cc(O[C@H](C)C(=O)Nc2ccc(S(=O)(=O)Nc3ccccc3C)cc2)c1. The van der Waals surface area contributed by atoms with Crippen LogP contribution in [0.5, 0.6) is 5.75 Å². The Balaban J connectivity index is 1.65. The first-order valence-corrected chi connectivity index (χ1v) is 11.4. The summed E-state index contributed by atoms with van der Waals surface area (Å²) in [6.45, 7) is 7.43. The van der Waals surface area contributed by atoms with Gasteiger partial charge in [0.25, 0.3) is 15.9 Å². The highest BCUT2D eigenvalue weighted by atomic mass is 32.2. The van der Waals surface area contributed by atoms with E-state index in [0.717, 1.165) is 16.7 Å². The lowest BCUT2D eigenvalue weighted by Crippen LogP contribution is -2.30. The van der Waals surface area contributed by atoms with E-state index in [9.17, 15) is 13.2 Å². The molecule has 0 saturated carbocycles. The van der Waals surface area contributed by atoms with Gasteiger partial charge in [-0.2, -0.15) is 0 Å². The first-order chi connectivity index (χ1) is 14.6. The molecule has 31 heavy (non-hydrogen) atoms. The van der Waals surface area contributed by atoms with Gasteiger partial charge in [-0.1, -0.05) is 24.3 Å². The summed E-state index contributed by atoms with van der Waals surface area (Å²) in [6, 6.07) is 18.9. The van der Waals surface area contributed by atoms with Crippen molar-refractivity contribution in [3.05, 3.63) is 83.4 Å². The molecule has 6 nitrogen and oxygen atoms in total. The Kier molecular flexibility index (Phi) is 6.65. The Morgan fingerprint density at radius 3 is 2.13 bits per heavy atom. The predicted octanol–water partition coefficient (Wildman–Crippen LogP) is 4.82. The van der Waals surface area contributed by atoms with E-state index in [2.05, 4.69) is 10.0 Å². The molecule has 3 aromatic carbocycles. The normalized spacial score (nSPS) is 12.1. The zero-order chi connectivity index (χ0) is 22.6. The molecule has 7 heteroatoms. The fraction of sp³-hybridized carbons (Fsp3) is 0.208. The summed E-state index contributed by atoms with van der Waals surface area (Å²) in [6.07, 6.45) is -0.715. The second-order valence-electron chi connectivity index (χ2n) is 7.52. The molecule has 3 rings (SSSR count). The van der Waals surface area contributed by atoms with E-state index in [0.29, 0.717) is 17.1 Å². The summed E-state index contributed by atoms with van der Waals surface area (Å²) in [7, 11) is -3.73. The Hall–Kier alpha value is -3.32. The number of hydrogen-bond acceptors (Lipinski definition) is 4. The smallest absolute Gasteiger partial charge is 0.265 e. The summed E-state index contributed by atoms with van der Waals surface area (Å²) in [5.74, 6) is 0.302. The molecule has 162 valence electrons. The van der Waals surface area contributed by atoms with Gasteiger partial charge in [-0.3, -0.25) is 9.52 Å². The summed E-state index contributed by atoms with van der Waals surface area (Å²) in [5.41, 5.74) is 3.94. The molecule has 0 radical (unpaired) electrons. The van der Waals surface area contributed by atoms with Crippen molar-refractivity contribution in [1.29, 1.82) is 0 Å². The Morgan fingerprint density at radius 1 is 0.903 bits per heavy atom. The lowest BCUT2D eigenvalue weighted by atomic mass is 10.1. The molecule has 0 bridgehead atoms. The van der Waals surface area contributed by atoms with Crippen molar-refractivity contribution < 1.29 is 17.9 Å². The van der Waals surface area contributed by atoms with Crippen molar-refractivity contribution >= 4 is 27.3 Å². The largest absolute Gasteiger partial charge is 0.481 e. The summed E-state index contributed by atoms with van der Waals surface area (Å²) < 4.78 is 33.6. The highest BCUT2D eigenvalue weighted by Gasteiger charge is 2.18. The molecule has 2 N–H and O–H groups in total. The van der Waals surface area contributed by atoms with Crippen molar-refractivity contribution in [2.24, 2.45) is 0 Å². The summed E-state index contributed by atoms with van der Waals surface area (Å²) in [5, 5.41) is 2.75. The molecule has 0 aliphatic heterocycles. The third-order valence-corrected chi connectivity index (χ3v) is 6.08. The minimum Gasteiger partial charge on any atom is -0.481 e. The van der Waals surface area contributed by atoms with Crippen molar-refractivity contribution in [1.82, 2.24) is 0 Å². The maximum Gasteiger partial charge on any atom is 0.265 e. The molecule has 0 fully saturated rings. The average molecular weight is 439 g/mol. The van der Waals surface area contributed by atoms with Crippen molar-refractivity contribution in [3.63, 3.8) is 0 Å². The van der Waals surface area contributed by atoms with E-state index in [-0.39, 0.29) is 10.8 Å². The Morgan fingerprint density at radius 2 is 1.52 bits per heavy atom. The molecule has 0 unspecified atom stereocenters. The Labute approximate surface area is 183 Å².